The Morgan fingerprint density at radius 1 is 1.24 bits per heavy atom. The Morgan fingerprint density at radius 2 is 1.96 bits per heavy atom. The number of nitrogens with zero attached hydrogens (tertiary/aromatic N) is 5. The number of imidazole rings is 1. The summed E-state index contributed by atoms with van der Waals surface area (Å²) in [6.07, 6.45) is -1.37. The van der Waals surface area contributed by atoms with E-state index in [-0.39, 0.29) is 12.1 Å². The first-order valence-electron chi connectivity index (χ1n) is 7.43. The van der Waals surface area contributed by atoms with E-state index in [1.54, 1.807) is 43.1 Å². The average Bonchev–Trinajstić information content (AvgIpc) is 2.93. The van der Waals surface area contributed by atoms with E-state index in [4.69, 9.17) is 0 Å². The van der Waals surface area contributed by atoms with E-state index < -0.39 is 17.4 Å². The molecule has 0 atom stereocenters. The largest absolute Gasteiger partial charge is 0.416 e. The predicted octanol–water partition coefficient (Wildman–Crippen LogP) is 2.26. The monoisotopic (exact) mass is 351 g/mol. The third-order valence-corrected chi connectivity index (χ3v) is 3.95. The van der Waals surface area contributed by atoms with Crippen LogP contribution in [0, 0.1) is 0 Å². The second kappa shape index (κ2) is 5.91. The fraction of sp³-hybridized carbons (Fsp3) is 0.312. The summed E-state index contributed by atoms with van der Waals surface area (Å²) in [5.41, 5.74) is -0.564. The molecule has 0 amide bonds. The van der Waals surface area contributed by atoms with Gasteiger partial charge in [-0.25, -0.2) is 9.78 Å². The van der Waals surface area contributed by atoms with Crippen molar-refractivity contribution in [2.24, 2.45) is 7.05 Å². The van der Waals surface area contributed by atoms with Crippen LogP contribution in [0.4, 0.5) is 19.0 Å². The molecule has 0 saturated carbocycles. The van der Waals surface area contributed by atoms with Gasteiger partial charge >= 0.3 is 11.9 Å². The SMILES string of the molecule is CN(C)c1nc(=O)n(Cc2cncn2C)c2cc(C(F)(F)F)ccc12. The Balaban J connectivity index is 2.30. The van der Waals surface area contributed by atoms with Gasteiger partial charge in [-0.3, -0.25) is 4.57 Å². The van der Waals surface area contributed by atoms with Crippen LogP contribution in [0.5, 0.6) is 0 Å². The van der Waals surface area contributed by atoms with E-state index in [9.17, 15) is 18.0 Å². The highest BCUT2D eigenvalue weighted by Crippen LogP contribution is 2.32. The van der Waals surface area contributed by atoms with E-state index in [1.165, 1.54) is 10.6 Å². The summed E-state index contributed by atoms with van der Waals surface area (Å²) >= 11 is 0. The van der Waals surface area contributed by atoms with Crippen molar-refractivity contribution in [1.82, 2.24) is 19.1 Å². The molecule has 0 spiro atoms. The van der Waals surface area contributed by atoms with Crippen LogP contribution < -0.4 is 10.6 Å². The first-order valence-corrected chi connectivity index (χ1v) is 7.43. The summed E-state index contributed by atoms with van der Waals surface area (Å²) < 4.78 is 42.3. The van der Waals surface area contributed by atoms with E-state index >= 15 is 0 Å². The number of rotatable bonds is 3. The molecule has 0 aliphatic heterocycles. The molecular formula is C16H16F3N5O. The molecule has 9 heteroatoms. The second-order valence-corrected chi connectivity index (χ2v) is 5.92. The van der Waals surface area contributed by atoms with E-state index in [2.05, 4.69) is 9.97 Å². The maximum Gasteiger partial charge on any atom is 0.416 e. The van der Waals surface area contributed by atoms with Gasteiger partial charge in [0.2, 0.25) is 0 Å². The third kappa shape index (κ3) is 3.09. The molecule has 0 aliphatic carbocycles. The van der Waals surface area contributed by atoms with Gasteiger partial charge in [0.1, 0.15) is 5.82 Å². The first-order chi connectivity index (χ1) is 11.7. The van der Waals surface area contributed by atoms with Gasteiger partial charge in [-0.2, -0.15) is 18.2 Å². The van der Waals surface area contributed by atoms with Crippen LogP contribution in [0.2, 0.25) is 0 Å². The normalized spacial score (nSPS) is 11.9. The van der Waals surface area contributed by atoms with Crippen LogP contribution in [0.15, 0.2) is 35.5 Å². The fourth-order valence-electron chi connectivity index (χ4n) is 2.63. The lowest BCUT2D eigenvalue weighted by Gasteiger charge is -2.18. The molecular weight excluding hydrogens is 335 g/mol. The quantitative estimate of drug-likeness (QED) is 0.726. The standard InChI is InChI=1S/C16H16F3N5O/c1-22(2)14-12-5-4-10(16(17,18)19)6-13(12)24(15(25)21-14)8-11-7-20-9-23(11)3/h4-7,9H,8H2,1-3H3. The van der Waals surface area contributed by atoms with Gasteiger partial charge in [0, 0.05) is 32.7 Å². The number of aryl methyl sites for hydroxylation is 1. The minimum Gasteiger partial charge on any atom is -0.362 e. The number of alkyl halides is 3. The van der Waals surface area contributed by atoms with Gasteiger partial charge in [-0.05, 0) is 18.2 Å². The van der Waals surface area contributed by atoms with Crippen molar-refractivity contribution < 1.29 is 13.2 Å². The van der Waals surface area contributed by atoms with Gasteiger partial charge in [0.05, 0.1) is 29.6 Å². The number of anilines is 1. The summed E-state index contributed by atoms with van der Waals surface area (Å²) in [4.78, 5) is 22.1. The predicted molar refractivity (Wildman–Crippen MR) is 87.6 cm³/mol. The molecule has 0 fully saturated rings. The molecule has 2 aromatic heterocycles. The minimum absolute atomic E-state index is 0.0772. The molecule has 2 heterocycles. The summed E-state index contributed by atoms with van der Waals surface area (Å²) in [6, 6.07) is 3.33. The second-order valence-electron chi connectivity index (χ2n) is 5.92. The molecule has 1 aromatic carbocycles. The Hall–Kier alpha value is -2.84. The van der Waals surface area contributed by atoms with Crippen LogP contribution in [-0.4, -0.2) is 33.2 Å². The Morgan fingerprint density at radius 3 is 2.52 bits per heavy atom. The van der Waals surface area contributed by atoms with Gasteiger partial charge in [0.25, 0.3) is 0 Å². The number of hydrogen-bond acceptors (Lipinski definition) is 4. The summed E-state index contributed by atoms with van der Waals surface area (Å²) in [5.74, 6) is 0.329. The lowest BCUT2D eigenvalue weighted by atomic mass is 10.1. The van der Waals surface area contributed by atoms with Crippen LogP contribution in [0.1, 0.15) is 11.3 Å². The lowest BCUT2D eigenvalue weighted by Crippen LogP contribution is -2.28. The molecule has 3 aromatic rings. The minimum atomic E-state index is -4.50. The van der Waals surface area contributed by atoms with Crippen molar-refractivity contribution in [1.29, 1.82) is 0 Å². The zero-order valence-corrected chi connectivity index (χ0v) is 13.9. The molecule has 132 valence electrons. The summed E-state index contributed by atoms with van der Waals surface area (Å²) in [5, 5.41) is 0.472. The number of benzene rings is 1. The molecule has 0 radical (unpaired) electrons. The topological polar surface area (TPSA) is 56.0 Å². The Kier molecular flexibility index (Phi) is 4.02. The van der Waals surface area contributed by atoms with Crippen LogP contribution in [0.3, 0.4) is 0 Å². The van der Waals surface area contributed by atoms with Crippen LogP contribution in [0.25, 0.3) is 10.9 Å². The van der Waals surface area contributed by atoms with Crippen molar-refractivity contribution in [3.05, 3.63) is 52.5 Å². The number of halogens is 3. The first kappa shape index (κ1) is 17.0. The lowest BCUT2D eigenvalue weighted by molar-refractivity contribution is -0.137. The number of hydrogen-bond donors (Lipinski definition) is 0. The Bertz CT molecular complexity index is 988. The van der Waals surface area contributed by atoms with Gasteiger partial charge in [-0.15, -0.1) is 0 Å². The van der Waals surface area contributed by atoms with Crippen LogP contribution >= 0.6 is 0 Å². The number of aromatic nitrogens is 4. The molecule has 0 unspecified atom stereocenters. The maximum atomic E-state index is 13.1. The molecule has 6 nitrogen and oxygen atoms in total. The van der Waals surface area contributed by atoms with E-state index in [1.807, 2.05) is 0 Å². The van der Waals surface area contributed by atoms with Gasteiger partial charge in [0.15, 0.2) is 0 Å². The molecule has 0 N–H and O–H groups in total. The fourth-order valence-corrected chi connectivity index (χ4v) is 2.63. The highest BCUT2D eigenvalue weighted by molar-refractivity contribution is 5.90. The van der Waals surface area contributed by atoms with Crippen molar-refractivity contribution in [2.45, 2.75) is 12.7 Å². The van der Waals surface area contributed by atoms with Crippen molar-refractivity contribution in [3.8, 4) is 0 Å². The summed E-state index contributed by atoms with van der Waals surface area (Å²) in [6.45, 7) is 0.0772. The van der Waals surface area contributed by atoms with Crippen molar-refractivity contribution in [2.75, 3.05) is 19.0 Å². The molecule has 25 heavy (non-hydrogen) atoms. The Labute approximate surface area is 141 Å². The highest BCUT2D eigenvalue weighted by atomic mass is 19.4. The third-order valence-electron chi connectivity index (χ3n) is 3.95. The van der Waals surface area contributed by atoms with E-state index in [0.29, 0.717) is 16.9 Å². The summed E-state index contributed by atoms with van der Waals surface area (Å²) in [7, 11) is 5.12. The average molecular weight is 351 g/mol. The molecule has 0 bridgehead atoms. The van der Waals surface area contributed by atoms with Crippen molar-refractivity contribution in [3.63, 3.8) is 0 Å². The maximum absolute atomic E-state index is 13.1. The van der Waals surface area contributed by atoms with E-state index in [0.717, 1.165) is 12.1 Å². The zero-order chi connectivity index (χ0) is 18.4. The zero-order valence-electron chi connectivity index (χ0n) is 13.9. The molecule has 3 rings (SSSR count). The number of fused-ring (bicyclic) bond motifs is 1. The molecule has 0 saturated heterocycles. The highest BCUT2D eigenvalue weighted by Gasteiger charge is 2.31. The van der Waals surface area contributed by atoms with Crippen molar-refractivity contribution >= 4 is 16.7 Å². The molecule has 0 aliphatic rings. The van der Waals surface area contributed by atoms with Gasteiger partial charge < -0.3 is 9.47 Å². The van der Waals surface area contributed by atoms with Crippen LogP contribution in [-0.2, 0) is 19.8 Å². The smallest absolute Gasteiger partial charge is 0.362 e. The van der Waals surface area contributed by atoms with Gasteiger partial charge in [-0.1, -0.05) is 0 Å².